The molecule has 2 aromatic rings. The molecule has 0 amide bonds. The molecule has 2 heteroatoms. The Kier molecular flexibility index (Phi) is 5.51. The van der Waals surface area contributed by atoms with Gasteiger partial charge in [-0.1, -0.05) is 29.8 Å². The Bertz CT molecular complexity index is 643. The molecule has 0 aliphatic carbocycles. The van der Waals surface area contributed by atoms with E-state index in [1.807, 2.05) is 0 Å². The molecular weight excluding hydrogens is 270 g/mol. The van der Waals surface area contributed by atoms with Crippen LogP contribution in [0.2, 0.25) is 0 Å². The minimum absolute atomic E-state index is 0.240. The minimum Gasteiger partial charge on any atom is -0.396 e. The lowest BCUT2D eigenvalue weighted by Crippen LogP contribution is -2.18. The summed E-state index contributed by atoms with van der Waals surface area (Å²) in [4.78, 5) is 0. The number of benzene rings is 2. The van der Waals surface area contributed by atoms with Crippen LogP contribution >= 0.6 is 0 Å². The molecule has 1 N–H and O–H groups in total. The molecule has 0 spiro atoms. The van der Waals surface area contributed by atoms with E-state index in [9.17, 15) is 0 Å². The largest absolute Gasteiger partial charge is 0.396 e. The van der Waals surface area contributed by atoms with Crippen molar-refractivity contribution in [3.63, 3.8) is 0 Å². The summed E-state index contributed by atoms with van der Waals surface area (Å²) < 4.78 is 2.06. The summed E-state index contributed by atoms with van der Waals surface area (Å²) >= 11 is 0. The van der Waals surface area contributed by atoms with Crippen LogP contribution in [0.25, 0.3) is 11.1 Å². The van der Waals surface area contributed by atoms with Gasteiger partial charge in [0.2, 0.25) is 5.69 Å². The lowest BCUT2D eigenvalue weighted by Gasteiger charge is -2.12. The second-order valence-corrected chi connectivity index (χ2v) is 6.05. The molecule has 2 nitrogen and oxygen atoms in total. The van der Waals surface area contributed by atoms with Gasteiger partial charge in [-0.25, -0.2) is 4.58 Å². The van der Waals surface area contributed by atoms with Crippen LogP contribution in [-0.4, -0.2) is 29.0 Å². The van der Waals surface area contributed by atoms with Crippen molar-refractivity contribution in [2.75, 3.05) is 6.61 Å². The molecular formula is C20H26NO+. The van der Waals surface area contributed by atoms with E-state index in [2.05, 4.69) is 74.5 Å². The van der Waals surface area contributed by atoms with Crippen molar-refractivity contribution in [3.8, 4) is 11.1 Å². The first-order valence-corrected chi connectivity index (χ1v) is 7.91. The summed E-state index contributed by atoms with van der Waals surface area (Å²) in [6, 6.07) is 15.4. The van der Waals surface area contributed by atoms with E-state index in [0.29, 0.717) is 6.04 Å². The van der Waals surface area contributed by atoms with Gasteiger partial charge in [0, 0.05) is 24.7 Å². The highest BCUT2D eigenvalue weighted by Crippen LogP contribution is 2.27. The number of rotatable bonds is 6. The summed E-state index contributed by atoms with van der Waals surface area (Å²) in [6.45, 7) is 10.8. The average molecular weight is 296 g/mol. The maximum atomic E-state index is 8.97. The fraction of sp³-hybridized carbons (Fsp3) is 0.350. The Hall–Kier alpha value is -1.93. The summed E-state index contributed by atoms with van der Waals surface area (Å²) in [5, 5.41) is 8.97. The number of aryl methyl sites for hydroxylation is 2. The summed E-state index contributed by atoms with van der Waals surface area (Å²) in [6.07, 6.45) is 1.76. The molecule has 1 unspecified atom stereocenters. The average Bonchev–Trinajstić information content (AvgIpc) is 2.52. The summed E-state index contributed by atoms with van der Waals surface area (Å²) in [5.74, 6) is 0. The molecule has 0 aliphatic heterocycles. The van der Waals surface area contributed by atoms with Crippen molar-refractivity contribution in [1.29, 1.82) is 0 Å². The second kappa shape index (κ2) is 7.37. The van der Waals surface area contributed by atoms with Gasteiger partial charge in [-0.05, 0) is 50.5 Å². The van der Waals surface area contributed by atoms with Gasteiger partial charge in [-0.15, -0.1) is 0 Å². The Morgan fingerprint density at radius 3 is 2.27 bits per heavy atom. The molecule has 0 aliphatic rings. The van der Waals surface area contributed by atoms with Gasteiger partial charge in [0.15, 0.2) is 6.04 Å². The second-order valence-electron chi connectivity index (χ2n) is 6.05. The molecule has 0 saturated heterocycles. The van der Waals surface area contributed by atoms with Gasteiger partial charge in [-0.2, -0.15) is 0 Å². The van der Waals surface area contributed by atoms with Gasteiger partial charge in [0.25, 0.3) is 0 Å². The minimum atomic E-state index is 0.240. The number of hydrogen-bond donors (Lipinski definition) is 1. The van der Waals surface area contributed by atoms with Crippen LogP contribution < -0.4 is 0 Å². The van der Waals surface area contributed by atoms with E-state index < -0.39 is 0 Å². The molecule has 2 rings (SSSR count). The topological polar surface area (TPSA) is 23.2 Å². The van der Waals surface area contributed by atoms with Gasteiger partial charge < -0.3 is 5.11 Å². The predicted octanol–water partition coefficient (Wildman–Crippen LogP) is 4.48. The Morgan fingerprint density at radius 1 is 1.05 bits per heavy atom. The molecule has 2 aromatic carbocycles. The third-order valence-corrected chi connectivity index (χ3v) is 4.20. The van der Waals surface area contributed by atoms with Crippen molar-refractivity contribution in [2.24, 2.45) is 0 Å². The highest BCUT2D eigenvalue weighted by atomic mass is 16.2. The highest BCUT2D eigenvalue weighted by molar-refractivity contribution is 5.66. The molecule has 0 aromatic heterocycles. The molecule has 0 heterocycles. The number of hydrogen-bond acceptors (Lipinski definition) is 1. The monoisotopic (exact) mass is 296 g/mol. The van der Waals surface area contributed by atoms with Gasteiger partial charge in [0.05, 0.1) is 0 Å². The Morgan fingerprint density at radius 2 is 1.68 bits per heavy atom. The van der Waals surface area contributed by atoms with Crippen LogP contribution in [0.3, 0.4) is 0 Å². The van der Waals surface area contributed by atoms with Crippen molar-refractivity contribution in [3.05, 3.63) is 53.6 Å². The van der Waals surface area contributed by atoms with E-state index in [1.165, 1.54) is 22.3 Å². The lowest BCUT2D eigenvalue weighted by atomic mass is 10.0. The van der Waals surface area contributed by atoms with Crippen molar-refractivity contribution in [2.45, 2.75) is 39.7 Å². The predicted molar refractivity (Wildman–Crippen MR) is 94.2 cm³/mol. The zero-order valence-electron chi connectivity index (χ0n) is 13.8. The third kappa shape index (κ3) is 3.83. The quantitative estimate of drug-likeness (QED) is 0.616. The number of aliphatic hydroxyl groups excluding tert-OH is 1. The van der Waals surface area contributed by atoms with E-state index in [4.69, 9.17) is 5.11 Å². The zero-order valence-corrected chi connectivity index (χ0v) is 13.8. The third-order valence-electron chi connectivity index (χ3n) is 4.20. The first-order chi connectivity index (χ1) is 10.5. The van der Waals surface area contributed by atoms with Crippen LogP contribution in [0.4, 0.5) is 5.69 Å². The Balaban J connectivity index is 2.22. The lowest BCUT2D eigenvalue weighted by molar-refractivity contribution is -0.473. The zero-order chi connectivity index (χ0) is 16.1. The van der Waals surface area contributed by atoms with E-state index in [0.717, 1.165) is 18.5 Å². The molecule has 0 saturated carbocycles. The molecule has 0 radical (unpaired) electrons. The molecule has 0 bridgehead atoms. The number of nitrogens with zero attached hydrogens (tertiary/aromatic N) is 1. The first-order valence-electron chi connectivity index (χ1n) is 7.91. The van der Waals surface area contributed by atoms with Crippen molar-refractivity contribution < 1.29 is 9.68 Å². The van der Waals surface area contributed by atoms with E-state index in [1.54, 1.807) is 0 Å². The van der Waals surface area contributed by atoms with Crippen LogP contribution in [0, 0.1) is 13.8 Å². The fourth-order valence-electron chi connectivity index (χ4n) is 2.68. The Labute approximate surface area is 133 Å². The normalized spacial score (nSPS) is 12.2. The molecule has 0 fully saturated rings. The van der Waals surface area contributed by atoms with E-state index in [-0.39, 0.29) is 6.61 Å². The van der Waals surface area contributed by atoms with E-state index >= 15 is 0 Å². The fourth-order valence-corrected chi connectivity index (χ4v) is 2.68. The summed E-state index contributed by atoms with van der Waals surface area (Å²) in [7, 11) is 0. The smallest absolute Gasteiger partial charge is 0.207 e. The van der Waals surface area contributed by atoms with Crippen LogP contribution in [-0.2, 0) is 0 Å². The maximum absolute atomic E-state index is 8.97. The maximum Gasteiger partial charge on any atom is 0.207 e. The number of aliphatic hydroxyl groups is 1. The molecule has 116 valence electrons. The van der Waals surface area contributed by atoms with Crippen molar-refractivity contribution in [1.82, 2.24) is 0 Å². The van der Waals surface area contributed by atoms with Crippen molar-refractivity contribution >= 4 is 12.4 Å². The molecule has 1 atom stereocenters. The highest BCUT2D eigenvalue weighted by Gasteiger charge is 2.18. The van der Waals surface area contributed by atoms with Crippen LogP contribution in [0.1, 0.15) is 30.9 Å². The summed E-state index contributed by atoms with van der Waals surface area (Å²) in [5.41, 5.74) is 6.13. The SMILES string of the molecule is C=[N+](c1ccc(-c2ccc(C)cc2)cc1C)C(C)CCCO. The van der Waals surface area contributed by atoms with Crippen LogP contribution in [0.15, 0.2) is 42.5 Å². The molecule has 22 heavy (non-hydrogen) atoms. The first kappa shape index (κ1) is 16.4. The van der Waals surface area contributed by atoms with Crippen LogP contribution in [0.5, 0.6) is 0 Å². The van der Waals surface area contributed by atoms with Gasteiger partial charge >= 0.3 is 0 Å². The standard InChI is InChI=1S/C20H26NO/c1-15-7-9-18(10-8-15)19-11-12-20(16(2)14-19)21(4)17(3)6-5-13-22/h7-12,14,17,22H,4-6,13H2,1-3H3/q+1. The van der Waals surface area contributed by atoms with Gasteiger partial charge in [-0.3, -0.25) is 0 Å². The van der Waals surface area contributed by atoms with Gasteiger partial charge in [0.1, 0.15) is 6.72 Å².